The van der Waals surface area contributed by atoms with E-state index in [2.05, 4.69) is 0 Å². The summed E-state index contributed by atoms with van der Waals surface area (Å²) >= 11 is 5.65. The van der Waals surface area contributed by atoms with E-state index in [9.17, 15) is 14.9 Å². The molecule has 0 aliphatic heterocycles. The Morgan fingerprint density at radius 3 is 2.50 bits per heavy atom. The minimum atomic E-state index is -0.579. The van der Waals surface area contributed by atoms with Crippen molar-refractivity contribution in [2.24, 2.45) is 0 Å². The van der Waals surface area contributed by atoms with Crippen molar-refractivity contribution >= 4 is 23.1 Å². The molecule has 74 valence electrons. The maximum atomic E-state index is 11.1. The van der Waals surface area contributed by atoms with Crippen molar-refractivity contribution in [2.75, 3.05) is 0 Å². The molecule has 0 saturated heterocycles. The highest BCUT2D eigenvalue weighted by molar-refractivity contribution is 6.33. The van der Waals surface area contributed by atoms with Gasteiger partial charge in [0.2, 0.25) is 0 Å². The van der Waals surface area contributed by atoms with Crippen LogP contribution < -0.4 is 0 Å². The highest BCUT2D eigenvalue weighted by Gasteiger charge is 2.20. The Labute approximate surface area is 85.6 Å². The second-order valence-corrected chi connectivity index (χ2v) is 3.29. The molecule has 4 nitrogen and oxygen atoms in total. The van der Waals surface area contributed by atoms with E-state index in [1.807, 2.05) is 0 Å². The van der Waals surface area contributed by atoms with Crippen LogP contribution in [0.4, 0.5) is 5.69 Å². The van der Waals surface area contributed by atoms with E-state index in [-0.39, 0.29) is 16.5 Å². The number of ketones is 1. The summed E-state index contributed by atoms with van der Waals surface area (Å²) in [7, 11) is 0. The van der Waals surface area contributed by atoms with E-state index in [4.69, 9.17) is 11.6 Å². The predicted molar refractivity (Wildman–Crippen MR) is 52.8 cm³/mol. The number of Topliss-reactive ketones (excluding diaryl/α,β-unsaturated/α-hetero) is 1. The molecule has 0 saturated carbocycles. The maximum absolute atomic E-state index is 11.1. The molecule has 0 unspecified atom stereocenters. The first-order valence-electron chi connectivity index (χ1n) is 3.89. The lowest BCUT2D eigenvalue weighted by Gasteiger charge is -2.03. The average molecular weight is 214 g/mol. The highest BCUT2D eigenvalue weighted by Crippen LogP contribution is 2.30. The summed E-state index contributed by atoms with van der Waals surface area (Å²) < 4.78 is 0. The maximum Gasteiger partial charge on any atom is 0.291 e. The zero-order chi connectivity index (χ0) is 10.9. The van der Waals surface area contributed by atoms with Crippen LogP contribution in [0.3, 0.4) is 0 Å². The molecule has 1 aromatic rings. The van der Waals surface area contributed by atoms with Gasteiger partial charge in [-0.25, -0.2) is 0 Å². The number of carbonyl (C=O) groups excluding carboxylic acids is 1. The molecular weight excluding hydrogens is 206 g/mol. The van der Waals surface area contributed by atoms with Gasteiger partial charge in [0, 0.05) is 11.1 Å². The van der Waals surface area contributed by atoms with Crippen molar-refractivity contribution in [1.29, 1.82) is 0 Å². The lowest BCUT2D eigenvalue weighted by Crippen LogP contribution is -2.01. The van der Waals surface area contributed by atoms with Crippen LogP contribution in [0.25, 0.3) is 0 Å². The zero-order valence-corrected chi connectivity index (χ0v) is 8.46. The Morgan fingerprint density at radius 2 is 2.07 bits per heavy atom. The standard InChI is InChI=1S/C9H8ClNO3/c1-5-7(6(2)12)3-4-8(10)9(5)11(13)14/h3-4H,1-2H3. The van der Waals surface area contributed by atoms with Crippen LogP contribution in [0.1, 0.15) is 22.8 Å². The largest absolute Gasteiger partial charge is 0.294 e. The Balaban J connectivity index is 3.49. The van der Waals surface area contributed by atoms with E-state index in [1.165, 1.54) is 26.0 Å². The fourth-order valence-electron chi connectivity index (χ4n) is 1.27. The lowest BCUT2D eigenvalue weighted by atomic mass is 10.0. The minimum Gasteiger partial charge on any atom is -0.294 e. The van der Waals surface area contributed by atoms with Gasteiger partial charge < -0.3 is 0 Å². The Kier molecular flexibility index (Phi) is 2.86. The van der Waals surface area contributed by atoms with Gasteiger partial charge >= 0.3 is 0 Å². The van der Waals surface area contributed by atoms with E-state index < -0.39 is 4.92 Å². The fraction of sp³-hybridized carbons (Fsp3) is 0.222. The van der Waals surface area contributed by atoms with Gasteiger partial charge in [-0.2, -0.15) is 0 Å². The molecule has 0 heterocycles. The molecule has 5 heteroatoms. The van der Waals surface area contributed by atoms with Crippen LogP contribution in [-0.4, -0.2) is 10.7 Å². The Hall–Kier alpha value is -1.42. The monoisotopic (exact) mass is 213 g/mol. The molecule has 0 spiro atoms. The third-order valence-electron chi connectivity index (χ3n) is 1.94. The number of nitro groups is 1. The summed E-state index contributed by atoms with van der Waals surface area (Å²) in [6.07, 6.45) is 0. The third-order valence-corrected chi connectivity index (χ3v) is 2.25. The minimum absolute atomic E-state index is 0.0532. The molecule has 1 rings (SSSR count). The first-order valence-corrected chi connectivity index (χ1v) is 4.27. The van der Waals surface area contributed by atoms with E-state index >= 15 is 0 Å². The Bertz CT molecular complexity index is 415. The SMILES string of the molecule is CC(=O)c1ccc(Cl)c([N+](=O)[O-])c1C. The summed E-state index contributed by atoms with van der Waals surface area (Å²) in [6.45, 7) is 2.88. The summed E-state index contributed by atoms with van der Waals surface area (Å²) in [5, 5.41) is 10.7. The van der Waals surface area contributed by atoms with Crippen molar-refractivity contribution in [2.45, 2.75) is 13.8 Å². The smallest absolute Gasteiger partial charge is 0.291 e. The first kappa shape index (κ1) is 10.7. The second-order valence-electron chi connectivity index (χ2n) is 2.88. The van der Waals surface area contributed by atoms with Crippen molar-refractivity contribution in [3.05, 3.63) is 38.4 Å². The van der Waals surface area contributed by atoms with E-state index in [1.54, 1.807) is 0 Å². The van der Waals surface area contributed by atoms with Crippen LogP contribution in [0, 0.1) is 17.0 Å². The van der Waals surface area contributed by atoms with E-state index in [0.717, 1.165) is 0 Å². The average Bonchev–Trinajstić information content (AvgIpc) is 2.02. The van der Waals surface area contributed by atoms with Gasteiger partial charge in [-0.15, -0.1) is 0 Å². The number of hydrogen-bond acceptors (Lipinski definition) is 3. The molecule has 0 aliphatic rings. The van der Waals surface area contributed by atoms with Crippen LogP contribution in [-0.2, 0) is 0 Å². The van der Waals surface area contributed by atoms with Crippen LogP contribution >= 0.6 is 11.6 Å². The van der Waals surface area contributed by atoms with Crippen LogP contribution in [0.2, 0.25) is 5.02 Å². The number of rotatable bonds is 2. The van der Waals surface area contributed by atoms with Gasteiger partial charge in [0.15, 0.2) is 5.78 Å². The first-order chi connectivity index (χ1) is 6.45. The van der Waals surface area contributed by atoms with Gasteiger partial charge in [0.1, 0.15) is 5.02 Å². The number of nitro benzene ring substituents is 1. The second kappa shape index (κ2) is 3.75. The van der Waals surface area contributed by atoms with Gasteiger partial charge in [0.25, 0.3) is 5.69 Å². The molecule has 1 aromatic carbocycles. The molecule has 0 bridgehead atoms. The highest BCUT2D eigenvalue weighted by atomic mass is 35.5. The molecule has 0 aliphatic carbocycles. The number of carbonyl (C=O) groups is 1. The number of nitrogens with zero attached hydrogens (tertiary/aromatic N) is 1. The van der Waals surface area contributed by atoms with Gasteiger partial charge in [0.05, 0.1) is 4.92 Å². The van der Waals surface area contributed by atoms with Crippen LogP contribution in [0.15, 0.2) is 12.1 Å². The zero-order valence-electron chi connectivity index (χ0n) is 7.70. The lowest BCUT2D eigenvalue weighted by molar-refractivity contribution is -0.385. The molecule has 0 fully saturated rings. The molecular formula is C9H8ClNO3. The molecule has 14 heavy (non-hydrogen) atoms. The summed E-state index contributed by atoms with van der Waals surface area (Å²) in [6, 6.07) is 2.86. The van der Waals surface area contributed by atoms with E-state index in [0.29, 0.717) is 11.1 Å². The number of hydrogen-bond donors (Lipinski definition) is 0. The van der Waals surface area contributed by atoms with Crippen LogP contribution in [0.5, 0.6) is 0 Å². The fourth-order valence-corrected chi connectivity index (χ4v) is 1.55. The normalized spacial score (nSPS) is 9.93. The van der Waals surface area contributed by atoms with Crippen molar-refractivity contribution < 1.29 is 9.72 Å². The van der Waals surface area contributed by atoms with Gasteiger partial charge in [-0.3, -0.25) is 14.9 Å². The molecule has 0 N–H and O–H groups in total. The van der Waals surface area contributed by atoms with Gasteiger partial charge in [-0.1, -0.05) is 11.6 Å². The Morgan fingerprint density at radius 1 is 1.50 bits per heavy atom. The molecule has 0 aromatic heterocycles. The third kappa shape index (κ3) is 1.75. The number of benzene rings is 1. The quantitative estimate of drug-likeness (QED) is 0.431. The van der Waals surface area contributed by atoms with Crippen molar-refractivity contribution in [1.82, 2.24) is 0 Å². The number of halogens is 1. The summed E-state index contributed by atoms with van der Waals surface area (Å²) in [5.41, 5.74) is 0.454. The van der Waals surface area contributed by atoms with Gasteiger partial charge in [-0.05, 0) is 26.0 Å². The predicted octanol–water partition coefficient (Wildman–Crippen LogP) is 2.76. The summed E-state index contributed by atoms with van der Waals surface area (Å²) in [5.74, 6) is -0.206. The molecule has 0 amide bonds. The molecule has 0 radical (unpaired) electrons. The molecule has 0 atom stereocenters. The van der Waals surface area contributed by atoms with Crippen molar-refractivity contribution in [3.63, 3.8) is 0 Å². The topological polar surface area (TPSA) is 60.2 Å². The summed E-state index contributed by atoms with van der Waals surface area (Å²) in [4.78, 5) is 21.1. The van der Waals surface area contributed by atoms with Crippen molar-refractivity contribution in [3.8, 4) is 0 Å².